The maximum atomic E-state index is 11.2. The second kappa shape index (κ2) is 6.19. The van der Waals surface area contributed by atoms with E-state index in [-0.39, 0.29) is 0 Å². The number of nitrogens with zero attached hydrogens (tertiary/aromatic N) is 1. The van der Waals surface area contributed by atoms with Gasteiger partial charge in [0, 0.05) is 38.7 Å². The average Bonchev–Trinajstić information content (AvgIpc) is 2.77. The van der Waals surface area contributed by atoms with Crippen LogP contribution in [0.3, 0.4) is 0 Å². The molecule has 1 aliphatic rings. The predicted molar refractivity (Wildman–Crippen MR) is 103 cm³/mol. The van der Waals surface area contributed by atoms with Gasteiger partial charge in [-0.1, -0.05) is 42.8 Å². The first-order valence-corrected chi connectivity index (χ1v) is 9.41. The molecule has 2 N–H and O–H groups in total. The first-order valence-electron chi connectivity index (χ1n) is 8.60. The summed E-state index contributed by atoms with van der Waals surface area (Å²) in [6.07, 6.45) is 4.40. The number of hydrogen-bond donors (Lipinski definition) is 2. The summed E-state index contributed by atoms with van der Waals surface area (Å²) in [6.45, 7) is 2.69. The van der Waals surface area contributed by atoms with Gasteiger partial charge < -0.3 is 10.4 Å². The highest BCUT2D eigenvalue weighted by Crippen LogP contribution is 2.38. The number of benzene rings is 2. The van der Waals surface area contributed by atoms with Gasteiger partial charge in [0.2, 0.25) is 0 Å². The van der Waals surface area contributed by atoms with Crippen LogP contribution < -0.4 is 5.32 Å². The molecule has 124 valence electrons. The molecule has 0 saturated heterocycles. The molecule has 0 amide bonds. The number of amidine groups is 1. The monoisotopic (exact) mass is 338 g/mol. The van der Waals surface area contributed by atoms with Gasteiger partial charge in [-0.3, -0.25) is 4.99 Å². The van der Waals surface area contributed by atoms with Crippen molar-refractivity contribution in [3.8, 4) is 0 Å². The lowest BCUT2D eigenvalue weighted by atomic mass is 10.0. The normalized spacial score (nSPS) is 18.2. The Labute approximate surface area is 146 Å². The zero-order valence-corrected chi connectivity index (χ0v) is 14.7. The van der Waals surface area contributed by atoms with Crippen LogP contribution in [0.4, 0.5) is 0 Å². The van der Waals surface area contributed by atoms with E-state index >= 15 is 0 Å². The van der Waals surface area contributed by atoms with Gasteiger partial charge in [0.15, 0.2) is 5.72 Å². The Bertz CT molecular complexity index is 910. The predicted octanol–water partition coefficient (Wildman–Crippen LogP) is 4.78. The zero-order chi connectivity index (χ0) is 16.6. The van der Waals surface area contributed by atoms with Crippen molar-refractivity contribution in [3.05, 3.63) is 48.0 Å². The lowest BCUT2D eigenvalue weighted by molar-refractivity contribution is 0.0421. The van der Waals surface area contributed by atoms with Gasteiger partial charge in [0.05, 0.1) is 5.84 Å². The molecule has 0 fully saturated rings. The third kappa shape index (κ3) is 2.80. The van der Waals surface area contributed by atoms with Crippen molar-refractivity contribution in [2.24, 2.45) is 4.99 Å². The van der Waals surface area contributed by atoms with Crippen LogP contribution in [0.5, 0.6) is 0 Å². The Morgan fingerprint density at radius 2 is 1.88 bits per heavy atom. The smallest absolute Gasteiger partial charge is 0.161 e. The Balaban J connectivity index is 1.78. The molecule has 1 atom stereocenters. The zero-order valence-electron chi connectivity index (χ0n) is 13.9. The van der Waals surface area contributed by atoms with E-state index in [2.05, 4.69) is 40.6 Å². The largest absolute Gasteiger partial charge is 0.367 e. The molecule has 1 aromatic heterocycles. The summed E-state index contributed by atoms with van der Waals surface area (Å²) in [5.41, 5.74) is -0.197. The van der Waals surface area contributed by atoms with Gasteiger partial charge in [-0.2, -0.15) is 0 Å². The summed E-state index contributed by atoms with van der Waals surface area (Å²) in [5.74, 6) is 0.926. The molecule has 3 aromatic rings. The molecule has 0 saturated carbocycles. The van der Waals surface area contributed by atoms with Gasteiger partial charge in [-0.05, 0) is 25.8 Å². The molecule has 0 spiro atoms. The maximum absolute atomic E-state index is 11.2. The van der Waals surface area contributed by atoms with E-state index in [1.807, 2.05) is 19.1 Å². The van der Waals surface area contributed by atoms with E-state index in [1.165, 1.54) is 21.9 Å². The van der Waals surface area contributed by atoms with Crippen LogP contribution in [0.25, 0.3) is 20.2 Å². The second-order valence-corrected chi connectivity index (χ2v) is 7.67. The fourth-order valence-electron chi connectivity index (χ4n) is 3.45. The summed E-state index contributed by atoms with van der Waals surface area (Å²) in [4.78, 5) is 4.61. The first kappa shape index (κ1) is 15.6. The Kier molecular flexibility index (Phi) is 4.02. The van der Waals surface area contributed by atoms with Gasteiger partial charge in [-0.15, -0.1) is 11.3 Å². The molecular weight excluding hydrogens is 316 g/mol. The van der Waals surface area contributed by atoms with E-state index in [1.54, 1.807) is 11.3 Å². The standard InChI is InChI=1S/C20H22N2OS/c1-20(23,22-18-12-3-2-6-13-21-18)16-10-7-9-15-14-8-4-5-11-17(14)24-19(15)16/h4-5,7-11,23H,2-3,6,12-13H2,1H3,(H,21,22). The molecule has 4 heteroatoms. The minimum atomic E-state index is -1.12. The van der Waals surface area contributed by atoms with E-state index in [9.17, 15) is 5.11 Å². The number of rotatable bonds is 2. The molecule has 3 nitrogen and oxygen atoms in total. The van der Waals surface area contributed by atoms with Gasteiger partial charge in [-0.25, -0.2) is 0 Å². The Hall–Kier alpha value is -1.91. The van der Waals surface area contributed by atoms with Gasteiger partial charge in [0.25, 0.3) is 0 Å². The number of hydrogen-bond acceptors (Lipinski definition) is 4. The van der Waals surface area contributed by atoms with Crippen LogP contribution in [0, 0.1) is 0 Å². The minimum Gasteiger partial charge on any atom is -0.367 e. The molecule has 2 aromatic carbocycles. The van der Waals surface area contributed by atoms with Crippen molar-refractivity contribution in [2.75, 3.05) is 6.54 Å². The quantitative estimate of drug-likeness (QED) is 0.660. The molecule has 2 heterocycles. The number of nitrogens with one attached hydrogen (secondary N) is 1. The lowest BCUT2D eigenvalue weighted by Gasteiger charge is -2.27. The minimum absolute atomic E-state index is 0.853. The summed E-state index contributed by atoms with van der Waals surface area (Å²) >= 11 is 1.74. The summed E-state index contributed by atoms with van der Waals surface area (Å²) < 4.78 is 2.40. The van der Waals surface area contributed by atoms with Crippen LogP contribution in [-0.2, 0) is 5.72 Å². The lowest BCUT2D eigenvalue weighted by Crippen LogP contribution is -2.43. The van der Waals surface area contributed by atoms with Crippen molar-refractivity contribution in [1.29, 1.82) is 0 Å². The van der Waals surface area contributed by atoms with Gasteiger partial charge in [0.1, 0.15) is 0 Å². The van der Waals surface area contributed by atoms with Crippen LogP contribution in [0.15, 0.2) is 47.5 Å². The molecule has 24 heavy (non-hydrogen) atoms. The highest BCUT2D eigenvalue weighted by Gasteiger charge is 2.27. The SMILES string of the molecule is CC(O)(NC1=NCCCCC1)c1cccc2c1sc1ccccc12. The van der Waals surface area contributed by atoms with E-state index in [0.717, 1.165) is 41.9 Å². The summed E-state index contributed by atoms with van der Waals surface area (Å²) in [6, 6.07) is 14.6. The first-order chi connectivity index (χ1) is 11.6. The van der Waals surface area contributed by atoms with E-state index < -0.39 is 5.72 Å². The van der Waals surface area contributed by atoms with Crippen molar-refractivity contribution < 1.29 is 5.11 Å². The molecule has 0 radical (unpaired) electrons. The van der Waals surface area contributed by atoms with Crippen LogP contribution in [0.2, 0.25) is 0 Å². The molecule has 4 rings (SSSR count). The highest BCUT2D eigenvalue weighted by molar-refractivity contribution is 7.26. The van der Waals surface area contributed by atoms with Crippen molar-refractivity contribution in [1.82, 2.24) is 5.32 Å². The third-order valence-corrected chi connectivity index (χ3v) is 5.91. The highest BCUT2D eigenvalue weighted by atomic mass is 32.1. The Morgan fingerprint density at radius 3 is 2.79 bits per heavy atom. The van der Waals surface area contributed by atoms with E-state index in [0.29, 0.717) is 0 Å². The molecular formula is C20H22N2OS. The van der Waals surface area contributed by atoms with Crippen molar-refractivity contribution in [3.63, 3.8) is 0 Å². The average molecular weight is 338 g/mol. The number of aliphatic hydroxyl groups is 1. The van der Waals surface area contributed by atoms with Gasteiger partial charge >= 0.3 is 0 Å². The van der Waals surface area contributed by atoms with Crippen LogP contribution >= 0.6 is 11.3 Å². The van der Waals surface area contributed by atoms with Crippen LogP contribution in [-0.4, -0.2) is 17.5 Å². The van der Waals surface area contributed by atoms with Crippen molar-refractivity contribution in [2.45, 2.75) is 38.3 Å². The van der Waals surface area contributed by atoms with Crippen LogP contribution in [0.1, 0.15) is 38.2 Å². The fraction of sp³-hybridized carbons (Fsp3) is 0.350. The fourth-order valence-corrected chi connectivity index (χ4v) is 4.77. The molecule has 0 bridgehead atoms. The molecule has 0 aliphatic carbocycles. The number of aliphatic imine (C=N–C) groups is 1. The molecule has 1 aliphatic heterocycles. The molecule has 1 unspecified atom stereocenters. The second-order valence-electron chi connectivity index (χ2n) is 6.62. The Morgan fingerprint density at radius 1 is 1.04 bits per heavy atom. The van der Waals surface area contributed by atoms with E-state index in [4.69, 9.17) is 0 Å². The summed E-state index contributed by atoms with van der Waals surface area (Å²) in [5, 5.41) is 16.9. The number of fused-ring (bicyclic) bond motifs is 3. The topological polar surface area (TPSA) is 44.6 Å². The third-order valence-electron chi connectivity index (χ3n) is 4.69. The maximum Gasteiger partial charge on any atom is 0.161 e. The number of thiophene rings is 1. The van der Waals surface area contributed by atoms with Crippen molar-refractivity contribution >= 4 is 37.3 Å². The summed E-state index contributed by atoms with van der Waals surface area (Å²) in [7, 11) is 0.